The number of halogens is 2. The van der Waals surface area contributed by atoms with Crippen LogP contribution in [0.2, 0.25) is 0 Å². The van der Waals surface area contributed by atoms with Crippen LogP contribution in [0.4, 0.5) is 13.6 Å². The van der Waals surface area contributed by atoms with E-state index in [0.717, 1.165) is 31.1 Å². The summed E-state index contributed by atoms with van der Waals surface area (Å²) in [5.41, 5.74) is 0. The van der Waals surface area contributed by atoms with E-state index in [2.05, 4.69) is 4.74 Å². The first-order valence-corrected chi connectivity index (χ1v) is 6.53. The van der Waals surface area contributed by atoms with E-state index in [1.165, 1.54) is 0 Å². The summed E-state index contributed by atoms with van der Waals surface area (Å²) in [5.74, 6) is -6.64. The maximum absolute atomic E-state index is 13.9. The van der Waals surface area contributed by atoms with Gasteiger partial charge >= 0.3 is 23.8 Å². The molecule has 2 aliphatic rings. The highest BCUT2D eigenvalue weighted by Crippen LogP contribution is 2.34. The van der Waals surface area contributed by atoms with Crippen LogP contribution in [0.3, 0.4) is 0 Å². The molecular weight excluding hydrogens is 274 g/mol. The van der Waals surface area contributed by atoms with Gasteiger partial charge in [-0.2, -0.15) is 8.78 Å². The van der Waals surface area contributed by atoms with E-state index >= 15 is 0 Å². The number of carbonyl (C=O) groups is 3. The summed E-state index contributed by atoms with van der Waals surface area (Å²) in [6.07, 6.45) is 1.52. The first-order chi connectivity index (χ1) is 9.34. The molecule has 3 amide bonds. The molecule has 1 saturated heterocycles. The number of nitrogens with zero attached hydrogens (tertiary/aromatic N) is 1. The van der Waals surface area contributed by atoms with Crippen LogP contribution >= 0.6 is 0 Å². The smallest absolute Gasteiger partial charge is 0.379 e. The quantitative estimate of drug-likeness (QED) is 0.780. The third-order valence-corrected chi connectivity index (χ3v) is 3.57. The number of carbonyl (C=O) groups excluding carboxylic acids is 3. The highest BCUT2D eigenvalue weighted by molar-refractivity contribution is 6.01. The number of hydrogen-bond donors (Lipinski definition) is 1. The largest absolute Gasteiger partial charge is 0.434 e. The van der Waals surface area contributed by atoms with Crippen LogP contribution in [0, 0.1) is 0 Å². The van der Waals surface area contributed by atoms with Gasteiger partial charge in [-0.15, -0.1) is 0 Å². The molecule has 0 spiro atoms. The fourth-order valence-corrected chi connectivity index (χ4v) is 2.64. The number of esters is 1. The molecule has 0 radical (unpaired) electrons. The molecule has 6 nitrogen and oxygen atoms in total. The van der Waals surface area contributed by atoms with Crippen molar-refractivity contribution in [2.24, 2.45) is 0 Å². The van der Waals surface area contributed by atoms with Crippen LogP contribution in [-0.2, 0) is 14.3 Å². The van der Waals surface area contributed by atoms with Gasteiger partial charge in [-0.3, -0.25) is 19.8 Å². The molecule has 112 valence electrons. The van der Waals surface area contributed by atoms with Gasteiger partial charge in [-0.1, -0.05) is 19.3 Å². The molecule has 8 heteroatoms. The molecule has 1 unspecified atom stereocenters. The minimum Gasteiger partial charge on any atom is -0.434 e. The zero-order valence-corrected chi connectivity index (χ0v) is 11.0. The second-order valence-electron chi connectivity index (χ2n) is 5.04. The highest BCUT2D eigenvalue weighted by atomic mass is 19.3. The molecule has 1 atom stereocenters. The topological polar surface area (TPSA) is 75.7 Å². The summed E-state index contributed by atoms with van der Waals surface area (Å²) < 4.78 is 32.4. The van der Waals surface area contributed by atoms with Crippen molar-refractivity contribution in [3.8, 4) is 0 Å². The van der Waals surface area contributed by atoms with Gasteiger partial charge in [0, 0.05) is 13.0 Å². The fraction of sp³-hybridized carbons (Fsp3) is 0.750. The Morgan fingerprint density at radius 1 is 1.30 bits per heavy atom. The summed E-state index contributed by atoms with van der Waals surface area (Å²) >= 11 is 0. The number of nitrogens with one attached hydrogen (secondary N) is 1. The molecule has 0 aromatic heterocycles. The molecule has 1 N–H and O–H groups in total. The first kappa shape index (κ1) is 14.7. The minimum absolute atomic E-state index is 0.452. The van der Waals surface area contributed by atoms with Crippen molar-refractivity contribution in [1.82, 2.24) is 10.2 Å². The number of amides is 3. The number of urea groups is 1. The Morgan fingerprint density at radius 3 is 2.45 bits per heavy atom. The second-order valence-corrected chi connectivity index (χ2v) is 5.04. The van der Waals surface area contributed by atoms with Crippen molar-refractivity contribution in [1.29, 1.82) is 0 Å². The van der Waals surface area contributed by atoms with Crippen LogP contribution in [0.15, 0.2) is 0 Å². The number of ether oxygens (including phenoxy) is 1. The summed E-state index contributed by atoms with van der Waals surface area (Å²) in [5, 5.41) is 1.63. The van der Waals surface area contributed by atoms with Crippen molar-refractivity contribution in [3.05, 3.63) is 0 Å². The number of rotatable bonds is 2. The van der Waals surface area contributed by atoms with Gasteiger partial charge in [-0.25, -0.2) is 4.79 Å². The third kappa shape index (κ3) is 2.59. The van der Waals surface area contributed by atoms with E-state index in [1.54, 1.807) is 5.32 Å². The Bertz CT molecular complexity index is 435. The lowest BCUT2D eigenvalue weighted by Gasteiger charge is -2.43. The van der Waals surface area contributed by atoms with Crippen molar-refractivity contribution in [2.75, 3.05) is 0 Å². The maximum Gasteiger partial charge on any atom is 0.379 e. The predicted octanol–water partition coefficient (Wildman–Crippen LogP) is 1.40. The monoisotopic (exact) mass is 290 g/mol. The van der Waals surface area contributed by atoms with Crippen LogP contribution in [-0.4, -0.2) is 41.0 Å². The Kier molecular flexibility index (Phi) is 3.92. The number of alkyl halides is 2. The molecule has 2 rings (SSSR count). The van der Waals surface area contributed by atoms with E-state index in [-0.39, 0.29) is 0 Å². The minimum atomic E-state index is -3.95. The Morgan fingerprint density at radius 2 is 1.90 bits per heavy atom. The standard InChI is InChI=1S/C12H16F2N2O4/c1-7(17)20-10-12(13,14)9(18)15-11(19)16(10)8-5-3-2-4-6-8/h8,10H,2-6H2,1H3,(H,15,18,19). The zero-order valence-electron chi connectivity index (χ0n) is 11.0. The molecule has 0 aromatic carbocycles. The van der Waals surface area contributed by atoms with Gasteiger partial charge in [0.1, 0.15) is 0 Å². The fourth-order valence-electron chi connectivity index (χ4n) is 2.64. The Balaban J connectivity index is 2.30. The molecule has 2 fully saturated rings. The lowest BCUT2D eigenvalue weighted by Crippen LogP contribution is -2.69. The van der Waals surface area contributed by atoms with E-state index in [9.17, 15) is 23.2 Å². The van der Waals surface area contributed by atoms with E-state index in [1.807, 2.05) is 0 Å². The third-order valence-electron chi connectivity index (χ3n) is 3.57. The van der Waals surface area contributed by atoms with Gasteiger partial charge < -0.3 is 4.74 Å². The van der Waals surface area contributed by atoms with Gasteiger partial charge in [0.25, 0.3) is 6.23 Å². The van der Waals surface area contributed by atoms with Gasteiger partial charge in [0.2, 0.25) is 0 Å². The molecular formula is C12H16F2N2O4. The lowest BCUT2D eigenvalue weighted by molar-refractivity contribution is -0.211. The number of hydrogen-bond acceptors (Lipinski definition) is 4. The molecule has 1 saturated carbocycles. The molecule has 1 heterocycles. The van der Waals surface area contributed by atoms with Crippen molar-refractivity contribution < 1.29 is 27.9 Å². The molecule has 0 aromatic rings. The van der Waals surface area contributed by atoms with Gasteiger partial charge in [0.05, 0.1) is 0 Å². The molecule has 1 aliphatic carbocycles. The van der Waals surface area contributed by atoms with Crippen molar-refractivity contribution in [3.63, 3.8) is 0 Å². The van der Waals surface area contributed by atoms with E-state index < -0.39 is 36.1 Å². The molecule has 1 aliphatic heterocycles. The molecule has 20 heavy (non-hydrogen) atoms. The maximum atomic E-state index is 13.9. The van der Waals surface area contributed by atoms with Gasteiger partial charge in [-0.05, 0) is 12.8 Å². The highest BCUT2D eigenvalue weighted by Gasteiger charge is 2.59. The van der Waals surface area contributed by atoms with Crippen LogP contribution in [0.5, 0.6) is 0 Å². The SMILES string of the molecule is CC(=O)OC1N(C2CCCCC2)C(=O)NC(=O)C1(F)F. The van der Waals surface area contributed by atoms with Crippen LogP contribution in [0.1, 0.15) is 39.0 Å². The van der Waals surface area contributed by atoms with Gasteiger partial charge in [0.15, 0.2) is 0 Å². The lowest BCUT2D eigenvalue weighted by atomic mass is 9.93. The van der Waals surface area contributed by atoms with Crippen LogP contribution in [0.25, 0.3) is 0 Å². The van der Waals surface area contributed by atoms with Crippen molar-refractivity contribution >= 4 is 17.9 Å². The summed E-state index contributed by atoms with van der Waals surface area (Å²) in [6.45, 7) is 0.964. The average Bonchev–Trinajstić information content (AvgIpc) is 2.37. The van der Waals surface area contributed by atoms with E-state index in [0.29, 0.717) is 12.8 Å². The predicted molar refractivity (Wildman–Crippen MR) is 62.8 cm³/mol. The summed E-state index contributed by atoms with van der Waals surface area (Å²) in [6, 6.07) is -1.38. The zero-order chi connectivity index (χ0) is 14.9. The average molecular weight is 290 g/mol. The molecule has 0 bridgehead atoms. The Hall–Kier alpha value is -1.73. The Labute approximate surface area is 114 Å². The van der Waals surface area contributed by atoms with Crippen LogP contribution < -0.4 is 5.32 Å². The summed E-state index contributed by atoms with van der Waals surface area (Å²) in [4.78, 5) is 34.9. The number of imide groups is 1. The summed E-state index contributed by atoms with van der Waals surface area (Å²) in [7, 11) is 0. The van der Waals surface area contributed by atoms with E-state index in [4.69, 9.17) is 0 Å². The van der Waals surface area contributed by atoms with Crippen molar-refractivity contribution in [2.45, 2.75) is 57.2 Å². The first-order valence-electron chi connectivity index (χ1n) is 6.53. The second kappa shape index (κ2) is 5.34. The normalized spacial score (nSPS) is 27.1.